The lowest BCUT2D eigenvalue weighted by Crippen LogP contribution is -2.27. The van der Waals surface area contributed by atoms with Crippen LogP contribution >= 0.6 is 27.7 Å². The molecular weight excluding hydrogens is 402 g/mol. The van der Waals surface area contributed by atoms with E-state index in [1.54, 1.807) is 12.1 Å². The third-order valence-electron chi connectivity index (χ3n) is 3.10. The zero-order valence-corrected chi connectivity index (χ0v) is 14.7. The van der Waals surface area contributed by atoms with Crippen molar-refractivity contribution in [2.75, 3.05) is 7.11 Å². The Balaban J connectivity index is 1.76. The van der Waals surface area contributed by atoms with Crippen LogP contribution in [0.3, 0.4) is 0 Å². The number of methoxy groups -OCH3 is 1. The van der Waals surface area contributed by atoms with Crippen molar-refractivity contribution in [1.29, 1.82) is 0 Å². The summed E-state index contributed by atoms with van der Waals surface area (Å²) in [6.45, 7) is -0.0686. The number of esters is 1. The summed E-state index contributed by atoms with van der Waals surface area (Å²) in [5, 5.41) is -0.423. The van der Waals surface area contributed by atoms with Crippen LogP contribution in [0.15, 0.2) is 42.7 Å². The van der Waals surface area contributed by atoms with Crippen molar-refractivity contribution in [2.45, 2.75) is 6.54 Å². The number of rotatable bonds is 4. The third kappa shape index (κ3) is 3.31. The summed E-state index contributed by atoms with van der Waals surface area (Å²) in [6, 6.07) is 6.31. The van der Waals surface area contributed by atoms with Gasteiger partial charge in [0.2, 0.25) is 5.76 Å². The average molecular weight is 412 g/mol. The van der Waals surface area contributed by atoms with E-state index in [4.69, 9.17) is 8.83 Å². The number of thioether (sulfide) groups is 1. The molecule has 0 bridgehead atoms. The zero-order valence-electron chi connectivity index (χ0n) is 12.3. The van der Waals surface area contributed by atoms with Gasteiger partial charge in [-0.3, -0.25) is 14.5 Å². The monoisotopic (exact) mass is 411 g/mol. The van der Waals surface area contributed by atoms with Crippen LogP contribution in [0.25, 0.3) is 6.08 Å². The first-order valence-electron chi connectivity index (χ1n) is 6.65. The Bertz CT molecular complexity index is 852. The Kier molecular flexibility index (Phi) is 4.63. The molecular formula is C15H10BrNO6S. The van der Waals surface area contributed by atoms with Gasteiger partial charge in [-0.1, -0.05) is 0 Å². The smallest absolute Gasteiger partial charge is 0.373 e. The fourth-order valence-electron chi connectivity index (χ4n) is 2.00. The molecule has 2 amide bonds. The van der Waals surface area contributed by atoms with Gasteiger partial charge in [0.15, 0.2) is 4.67 Å². The van der Waals surface area contributed by atoms with E-state index in [-0.39, 0.29) is 17.2 Å². The molecule has 9 heteroatoms. The first-order chi connectivity index (χ1) is 11.5. The van der Waals surface area contributed by atoms with Gasteiger partial charge in [0.1, 0.15) is 11.5 Å². The minimum absolute atomic E-state index is 0.00968. The van der Waals surface area contributed by atoms with Crippen molar-refractivity contribution in [1.82, 2.24) is 4.90 Å². The van der Waals surface area contributed by atoms with Crippen molar-refractivity contribution in [3.8, 4) is 0 Å². The molecule has 0 aliphatic carbocycles. The van der Waals surface area contributed by atoms with E-state index in [2.05, 4.69) is 20.7 Å². The summed E-state index contributed by atoms with van der Waals surface area (Å²) in [4.78, 5) is 37.0. The second-order valence-corrected chi connectivity index (χ2v) is 6.44. The number of hydrogen-bond donors (Lipinski definition) is 0. The maximum Gasteiger partial charge on any atom is 0.373 e. The number of imide groups is 1. The Labute approximate surface area is 148 Å². The minimum atomic E-state index is -0.626. The van der Waals surface area contributed by atoms with Crippen LogP contribution in [0, 0.1) is 0 Å². The molecule has 3 heterocycles. The largest absolute Gasteiger partial charge is 0.463 e. The molecule has 2 aromatic rings. The fraction of sp³-hybridized carbons (Fsp3) is 0.133. The molecule has 24 heavy (non-hydrogen) atoms. The van der Waals surface area contributed by atoms with Crippen LogP contribution in [-0.4, -0.2) is 29.1 Å². The van der Waals surface area contributed by atoms with Gasteiger partial charge in [-0.25, -0.2) is 4.79 Å². The Morgan fingerprint density at radius 2 is 2.08 bits per heavy atom. The maximum atomic E-state index is 12.4. The predicted molar refractivity (Wildman–Crippen MR) is 88.0 cm³/mol. The highest BCUT2D eigenvalue weighted by atomic mass is 79.9. The number of ether oxygens (including phenoxy) is 1. The van der Waals surface area contributed by atoms with Crippen LogP contribution in [0.1, 0.15) is 22.1 Å². The fourth-order valence-corrected chi connectivity index (χ4v) is 3.14. The maximum absolute atomic E-state index is 12.4. The van der Waals surface area contributed by atoms with Crippen LogP contribution in [0.4, 0.5) is 4.79 Å². The van der Waals surface area contributed by atoms with Crippen molar-refractivity contribution < 1.29 is 28.0 Å². The molecule has 124 valence electrons. The van der Waals surface area contributed by atoms with E-state index in [1.807, 2.05) is 0 Å². The minimum Gasteiger partial charge on any atom is -0.463 e. The molecule has 3 rings (SSSR count). The van der Waals surface area contributed by atoms with E-state index in [0.29, 0.717) is 16.2 Å². The number of amides is 2. The molecule has 1 aliphatic heterocycles. The summed E-state index contributed by atoms with van der Waals surface area (Å²) in [7, 11) is 1.23. The average Bonchev–Trinajstić information content (AvgIpc) is 3.24. The van der Waals surface area contributed by atoms with Crippen LogP contribution < -0.4 is 0 Å². The van der Waals surface area contributed by atoms with Crippen molar-refractivity contribution in [3.05, 3.63) is 51.1 Å². The van der Waals surface area contributed by atoms with E-state index in [0.717, 1.165) is 16.7 Å². The van der Waals surface area contributed by atoms with Crippen molar-refractivity contribution in [2.24, 2.45) is 0 Å². The second kappa shape index (κ2) is 6.70. The zero-order chi connectivity index (χ0) is 17.3. The predicted octanol–water partition coefficient (Wildman–Crippen LogP) is 3.66. The van der Waals surface area contributed by atoms with Gasteiger partial charge in [-0.15, -0.1) is 0 Å². The number of furan rings is 2. The van der Waals surface area contributed by atoms with Crippen LogP contribution in [0.5, 0.6) is 0 Å². The number of hydrogen-bond acceptors (Lipinski definition) is 7. The number of nitrogens with zero attached hydrogens (tertiary/aromatic N) is 1. The van der Waals surface area contributed by atoms with Gasteiger partial charge in [0.25, 0.3) is 11.1 Å². The molecule has 7 nitrogen and oxygen atoms in total. The molecule has 0 spiro atoms. The summed E-state index contributed by atoms with van der Waals surface area (Å²) >= 11 is 3.98. The number of carbonyl (C=O) groups excluding carboxylic acids is 3. The molecule has 0 unspecified atom stereocenters. The van der Waals surface area contributed by atoms with Crippen molar-refractivity contribution in [3.63, 3.8) is 0 Å². The van der Waals surface area contributed by atoms with Gasteiger partial charge < -0.3 is 13.6 Å². The topological polar surface area (TPSA) is 90.0 Å². The van der Waals surface area contributed by atoms with Gasteiger partial charge in [-0.05, 0) is 52.0 Å². The lowest BCUT2D eigenvalue weighted by Gasteiger charge is -2.09. The summed E-state index contributed by atoms with van der Waals surface area (Å²) in [6.07, 6.45) is 1.50. The number of carbonyl (C=O) groups is 3. The van der Waals surface area contributed by atoms with Crippen molar-refractivity contribution >= 4 is 50.9 Å². The van der Waals surface area contributed by atoms with Crippen LogP contribution in [-0.2, 0) is 16.1 Å². The van der Waals surface area contributed by atoms with E-state index in [9.17, 15) is 14.4 Å². The van der Waals surface area contributed by atoms with E-state index >= 15 is 0 Å². The van der Waals surface area contributed by atoms with E-state index < -0.39 is 17.1 Å². The SMILES string of the molecule is COC(=O)c1ccc(CN2C(=O)S/C(=C/c3ccc(Br)o3)C2=O)o1. The highest BCUT2D eigenvalue weighted by Crippen LogP contribution is 2.34. The number of halogens is 1. The van der Waals surface area contributed by atoms with Crippen LogP contribution in [0.2, 0.25) is 0 Å². The Hall–Kier alpha value is -2.26. The molecule has 1 saturated heterocycles. The molecule has 0 saturated carbocycles. The normalized spacial score (nSPS) is 16.2. The van der Waals surface area contributed by atoms with Gasteiger partial charge in [0, 0.05) is 6.08 Å². The molecule has 0 atom stereocenters. The molecule has 0 N–H and O–H groups in total. The molecule has 1 fully saturated rings. The molecule has 1 aliphatic rings. The van der Waals surface area contributed by atoms with Gasteiger partial charge in [0.05, 0.1) is 18.6 Å². The second-order valence-electron chi connectivity index (χ2n) is 4.67. The van der Waals surface area contributed by atoms with Gasteiger partial charge in [-0.2, -0.15) is 0 Å². The molecule has 2 aromatic heterocycles. The lowest BCUT2D eigenvalue weighted by atomic mass is 10.3. The summed E-state index contributed by atoms with van der Waals surface area (Å²) in [5.74, 6) is -0.305. The summed E-state index contributed by atoms with van der Waals surface area (Å²) in [5.41, 5.74) is 0. The molecule has 0 radical (unpaired) electrons. The summed E-state index contributed by atoms with van der Waals surface area (Å²) < 4.78 is 15.6. The highest BCUT2D eigenvalue weighted by Gasteiger charge is 2.36. The Morgan fingerprint density at radius 3 is 2.75 bits per heavy atom. The van der Waals surface area contributed by atoms with Gasteiger partial charge >= 0.3 is 5.97 Å². The first-order valence-corrected chi connectivity index (χ1v) is 8.26. The quantitative estimate of drug-likeness (QED) is 0.559. The molecule has 0 aromatic carbocycles. The van der Waals surface area contributed by atoms with E-state index in [1.165, 1.54) is 25.3 Å². The standard InChI is InChI=1S/C15H10BrNO6S/c1-21-14(19)10-4-2-9(22-10)7-17-13(18)11(24-15(17)20)6-8-3-5-12(16)23-8/h2-6H,7H2,1H3/b11-6+. The first kappa shape index (κ1) is 16.6. The Morgan fingerprint density at radius 1 is 1.29 bits per heavy atom. The highest BCUT2D eigenvalue weighted by molar-refractivity contribution is 9.10. The third-order valence-corrected chi connectivity index (χ3v) is 4.44. The lowest BCUT2D eigenvalue weighted by molar-refractivity contribution is -0.123.